The van der Waals surface area contributed by atoms with Crippen LogP contribution in [0.5, 0.6) is 0 Å². The molecule has 90 valence electrons. The number of hydrogen-bond acceptors (Lipinski definition) is 4. The van der Waals surface area contributed by atoms with E-state index >= 15 is 0 Å². The average Bonchev–Trinajstić information content (AvgIpc) is 2.84. The highest BCUT2D eigenvalue weighted by Gasteiger charge is 2.27. The molecule has 0 amide bonds. The van der Waals surface area contributed by atoms with Crippen LogP contribution in [0.4, 0.5) is 0 Å². The lowest BCUT2D eigenvalue weighted by atomic mass is 10.1. The maximum absolute atomic E-state index is 5.54. The molecule has 0 aromatic carbocycles. The Morgan fingerprint density at radius 2 is 2.44 bits per heavy atom. The molecule has 0 bridgehead atoms. The van der Waals surface area contributed by atoms with Crippen molar-refractivity contribution >= 4 is 11.3 Å². The van der Waals surface area contributed by atoms with Gasteiger partial charge in [0.05, 0.1) is 10.7 Å². The zero-order valence-electron chi connectivity index (χ0n) is 10.1. The largest absolute Gasteiger partial charge is 0.330 e. The molecule has 2 rings (SSSR count). The Morgan fingerprint density at radius 3 is 3.06 bits per heavy atom. The highest BCUT2D eigenvalue weighted by molar-refractivity contribution is 7.09. The summed E-state index contributed by atoms with van der Waals surface area (Å²) < 4.78 is 0. The van der Waals surface area contributed by atoms with Crippen molar-refractivity contribution in [2.24, 2.45) is 5.73 Å². The Kier molecular flexibility index (Phi) is 3.95. The fourth-order valence-corrected chi connectivity index (χ4v) is 3.21. The van der Waals surface area contributed by atoms with Crippen LogP contribution in [0.2, 0.25) is 0 Å². The maximum atomic E-state index is 5.54. The number of nitrogens with zero attached hydrogens (tertiary/aromatic N) is 2. The molecule has 0 aliphatic carbocycles. The van der Waals surface area contributed by atoms with E-state index in [2.05, 4.69) is 29.1 Å². The number of nitrogens with two attached hydrogens (primary N) is 1. The van der Waals surface area contributed by atoms with Crippen molar-refractivity contribution in [1.29, 1.82) is 0 Å². The van der Waals surface area contributed by atoms with Gasteiger partial charge in [-0.1, -0.05) is 0 Å². The van der Waals surface area contributed by atoms with Gasteiger partial charge in [-0.2, -0.15) is 0 Å². The summed E-state index contributed by atoms with van der Waals surface area (Å²) in [5.74, 6) is 0.652. The lowest BCUT2D eigenvalue weighted by Crippen LogP contribution is -2.27. The van der Waals surface area contributed by atoms with Crippen molar-refractivity contribution < 1.29 is 0 Å². The number of rotatable bonds is 4. The van der Waals surface area contributed by atoms with Gasteiger partial charge in [0, 0.05) is 30.3 Å². The Labute approximate surface area is 102 Å². The first-order valence-electron chi connectivity index (χ1n) is 6.09. The highest BCUT2D eigenvalue weighted by Crippen LogP contribution is 2.30. The van der Waals surface area contributed by atoms with Crippen LogP contribution in [0.3, 0.4) is 0 Å². The number of hydrogen-bond donors (Lipinski definition) is 1. The maximum Gasteiger partial charge on any atom is 0.0972 e. The molecular formula is C12H21N3S. The normalized spacial score (nSPS) is 22.1. The second-order valence-corrected chi connectivity index (χ2v) is 5.68. The molecule has 16 heavy (non-hydrogen) atoms. The van der Waals surface area contributed by atoms with Crippen LogP contribution >= 0.6 is 11.3 Å². The predicted molar refractivity (Wildman–Crippen MR) is 68.9 cm³/mol. The van der Waals surface area contributed by atoms with Crippen LogP contribution in [-0.2, 0) is 6.42 Å². The predicted octanol–water partition coefficient (Wildman–Crippen LogP) is 1.84. The molecule has 0 saturated carbocycles. The van der Waals surface area contributed by atoms with Crippen molar-refractivity contribution in [3.05, 3.63) is 16.1 Å². The third-order valence-electron chi connectivity index (χ3n) is 3.27. The Hall–Kier alpha value is -0.450. The van der Waals surface area contributed by atoms with Crippen molar-refractivity contribution in [3.8, 4) is 0 Å². The first-order chi connectivity index (χ1) is 7.70. The van der Waals surface area contributed by atoms with Crippen LogP contribution in [0, 0.1) is 0 Å². The van der Waals surface area contributed by atoms with Gasteiger partial charge in [-0.3, -0.25) is 0 Å². The fourth-order valence-electron chi connectivity index (χ4n) is 2.23. The van der Waals surface area contributed by atoms with Crippen LogP contribution in [0.15, 0.2) is 5.38 Å². The molecule has 1 unspecified atom stereocenters. The summed E-state index contributed by atoms with van der Waals surface area (Å²) in [4.78, 5) is 7.22. The van der Waals surface area contributed by atoms with Crippen LogP contribution < -0.4 is 5.73 Å². The molecule has 1 aromatic rings. The molecular weight excluding hydrogens is 218 g/mol. The quantitative estimate of drug-likeness (QED) is 0.872. The zero-order chi connectivity index (χ0) is 11.5. The monoisotopic (exact) mass is 239 g/mol. The average molecular weight is 239 g/mol. The lowest BCUT2D eigenvalue weighted by Gasteiger charge is -2.19. The highest BCUT2D eigenvalue weighted by atomic mass is 32.1. The summed E-state index contributed by atoms with van der Waals surface area (Å²) in [6.45, 7) is 7.63. The van der Waals surface area contributed by atoms with E-state index in [1.54, 1.807) is 0 Å². The van der Waals surface area contributed by atoms with E-state index in [0.717, 1.165) is 6.42 Å². The molecule has 4 heteroatoms. The SMILES string of the molecule is CC(C)N1CCC(c2nc(CCN)cs2)C1. The zero-order valence-corrected chi connectivity index (χ0v) is 11.0. The molecule has 2 heterocycles. The van der Waals surface area contributed by atoms with Crippen molar-refractivity contribution in [2.75, 3.05) is 19.6 Å². The fraction of sp³-hybridized carbons (Fsp3) is 0.750. The summed E-state index contributed by atoms with van der Waals surface area (Å²) in [6.07, 6.45) is 2.17. The Bertz CT molecular complexity index is 335. The number of thiazole rings is 1. The van der Waals surface area contributed by atoms with Gasteiger partial charge < -0.3 is 10.6 Å². The summed E-state index contributed by atoms with van der Waals surface area (Å²) in [7, 11) is 0. The van der Waals surface area contributed by atoms with Gasteiger partial charge in [-0.05, 0) is 33.4 Å². The van der Waals surface area contributed by atoms with Gasteiger partial charge in [0.2, 0.25) is 0 Å². The van der Waals surface area contributed by atoms with Gasteiger partial charge in [-0.25, -0.2) is 4.98 Å². The van der Waals surface area contributed by atoms with Crippen LogP contribution in [0.25, 0.3) is 0 Å². The minimum atomic E-state index is 0.652. The molecule has 1 fully saturated rings. The first-order valence-corrected chi connectivity index (χ1v) is 6.97. The molecule has 1 atom stereocenters. The third kappa shape index (κ3) is 2.62. The Balaban J connectivity index is 1.97. The van der Waals surface area contributed by atoms with Gasteiger partial charge in [0.25, 0.3) is 0 Å². The smallest absolute Gasteiger partial charge is 0.0972 e. The van der Waals surface area contributed by atoms with Gasteiger partial charge in [0.15, 0.2) is 0 Å². The second-order valence-electron chi connectivity index (χ2n) is 4.79. The molecule has 1 aliphatic rings. The van der Waals surface area contributed by atoms with E-state index in [-0.39, 0.29) is 0 Å². The summed E-state index contributed by atoms with van der Waals surface area (Å²) in [6, 6.07) is 0.661. The minimum Gasteiger partial charge on any atom is -0.330 e. The van der Waals surface area contributed by atoms with E-state index in [4.69, 9.17) is 5.73 Å². The van der Waals surface area contributed by atoms with Gasteiger partial charge in [-0.15, -0.1) is 11.3 Å². The standard InChI is InChI=1S/C12H21N3S/c1-9(2)15-6-4-10(7-15)12-14-11(3-5-13)8-16-12/h8-10H,3-7,13H2,1-2H3. The van der Waals surface area contributed by atoms with Crippen molar-refractivity contribution in [3.63, 3.8) is 0 Å². The number of aromatic nitrogens is 1. The second kappa shape index (κ2) is 5.25. The third-order valence-corrected chi connectivity index (χ3v) is 4.33. The van der Waals surface area contributed by atoms with Crippen molar-refractivity contribution in [1.82, 2.24) is 9.88 Å². The number of likely N-dealkylation sites (tertiary alicyclic amines) is 1. The molecule has 0 radical (unpaired) electrons. The van der Waals surface area contributed by atoms with E-state index < -0.39 is 0 Å². The molecule has 1 aliphatic heterocycles. The molecule has 0 spiro atoms. The summed E-state index contributed by atoms with van der Waals surface area (Å²) in [5.41, 5.74) is 6.71. The molecule has 3 nitrogen and oxygen atoms in total. The topological polar surface area (TPSA) is 42.2 Å². The van der Waals surface area contributed by atoms with E-state index in [1.165, 1.54) is 30.2 Å². The van der Waals surface area contributed by atoms with E-state index in [1.807, 2.05) is 11.3 Å². The lowest BCUT2D eigenvalue weighted by molar-refractivity contribution is 0.272. The van der Waals surface area contributed by atoms with E-state index in [9.17, 15) is 0 Å². The van der Waals surface area contributed by atoms with E-state index in [0.29, 0.717) is 18.5 Å². The first kappa shape index (κ1) is 12.0. The minimum absolute atomic E-state index is 0.652. The van der Waals surface area contributed by atoms with Crippen LogP contribution in [0.1, 0.15) is 36.9 Å². The van der Waals surface area contributed by atoms with Crippen molar-refractivity contribution in [2.45, 2.75) is 38.6 Å². The van der Waals surface area contributed by atoms with Gasteiger partial charge >= 0.3 is 0 Å². The molecule has 2 N–H and O–H groups in total. The Morgan fingerprint density at radius 1 is 1.62 bits per heavy atom. The van der Waals surface area contributed by atoms with Crippen LogP contribution in [-0.4, -0.2) is 35.6 Å². The molecule has 1 saturated heterocycles. The molecule has 1 aromatic heterocycles. The summed E-state index contributed by atoms with van der Waals surface area (Å²) >= 11 is 1.81. The summed E-state index contributed by atoms with van der Waals surface area (Å²) in [5, 5.41) is 3.48. The van der Waals surface area contributed by atoms with Gasteiger partial charge in [0.1, 0.15) is 0 Å².